The molecule has 0 aliphatic heterocycles. The van der Waals surface area contributed by atoms with Crippen LogP contribution >= 0.6 is 0 Å². The first-order valence-corrected chi connectivity index (χ1v) is 11.1. The van der Waals surface area contributed by atoms with Crippen molar-refractivity contribution in [3.05, 3.63) is 48.0 Å². The van der Waals surface area contributed by atoms with Gasteiger partial charge in [0.25, 0.3) is 0 Å². The van der Waals surface area contributed by atoms with Gasteiger partial charge < -0.3 is 9.16 Å². The third kappa shape index (κ3) is 6.73. The number of ether oxygens (including phenoxy) is 1. The maximum Gasteiger partial charge on any atom is 0.302 e. The molecule has 0 fully saturated rings. The van der Waals surface area contributed by atoms with Crippen LogP contribution in [-0.4, -0.2) is 20.9 Å². The fourth-order valence-corrected chi connectivity index (χ4v) is 2.81. The average Bonchev–Trinajstić information content (AvgIpc) is 2.49. The van der Waals surface area contributed by atoms with Gasteiger partial charge >= 0.3 is 5.97 Å². The summed E-state index contributed by atoms with van der Waals surface area (Å²) in [5.41, 5.74) is 1.06. The molecule has 3 nitrogen and oxygen atoms in total. The molecule has 1 unspecified atom stereocenters. The Morgan fingerprint density at radius 1 is 1.25 bits per heavy atom. The van der Waals surface area contributed by atoms with Gasteiger partial charge in [-0.1, -0.05) is 62.9 Å². The minimum absolute atomic E-state index is 0.118. The quantitative estimate of drug-likeness (QED) is 0.434. The number of carbonyl (C=O) groups is 1. The molecule has 0 heterocycles. The summed E-state index contributed by atoms with van der Waals surface area (Å²) >= 11 is 0. The average molecular weight is 345 g/mol. The summed E-state index contributed by atoms with van der Waals surface area (Å²) < 4.78 is 11.3. The highest BCUT2D eigenvalue weighted by atomic mass is 28.4. The first-order valence-electron chi connectivity index (χ1n) is 8.16. The van der Waals surface area contributed by atoms with Gasteiger partial charge in [0.1, 0.15) is 12.7 Å². The predicted molar refractivity (Wildman–Crippen MR) is 101 cm³/mol. The molecule has 0 bridgehead atoms. The van der Waals surface area contributed by atoms with Crippen molar-refractivity contribution >= 4 is 14.3 Å². The van der Waals surface area contributed by atoms with Gasteiger partial charge in [0.05, 0.1) is 0 Å². The van der Waals surface area contributed by atoms with Crippen LogP contribution < -0.4 is 0 Å². The lowest BCUT2D eigenvalue weighted by molar-refractivity contribution is -0.139. The van der Waals surface area contributed by atoms with Crippen LogP contribution in [0.3, 0.4) is 0 Å². The van der Waals surface area contributed by atoms with Crippen LogP contribution in [0.5, 0.6) is 0 Å². The molecule has 0 radical (unpaired) electrons. The molecule has 0 aliphatic rings. The molecule has 1 rings (SSSR count). The van der Waals surface area contributed by atoms with E-state index in [4.69, 9.17) is 9.16 Å². The number of benzene rings is 1. The van der Waals surface area contributed by atoms with Crippen LogP contribution in [0.2, 0.25) is 18.1 Å². The lowest BCUT2D eigenvalue weighted by Gasteiger charge is -2.38. The molecule has 0 aromatic heterocycles. The largest absolute Gasteiger partial charge is 0.462 e. The van der Waals surface area contributed by atoms with Crippen LogP contribution in [0.1, 0.15) is 39.4 Å². The van der Waals surface area contributed by atoms with Gasteiger partial charge in [0.2, 0.25) is 0 Å². The Hall–Kier alpha value is -1.83. The topological polar surface area (TPSA) is 35.5 Å². The minimum atomic E-state index is -1.94. The number of carbonyl (C=O) groups excluding carboxylic acids is 1. The zero-order valence-electron chi connectivity index (χ0n) is 15.6. The van der Waals surface area contributed by atoms with Gasteiger partial charge in [-0.05, 0) is 35.8 Å². The van der Waals surface area contributed by atoms with Crippen molar-refractivity contribution in [2.75, 3.05) is 6.61 Å². The molecular formula is C20H28O3Si. The van der Waals surface area contributed by atoms with Crippen molar-refractivity contribution < 1.29 is 14.0 Å². The van der Waals surface area contributed by atoms with E-state index in [0.29, 0.717) is 0 Å². The highest BCUT2D eigenvalue weighted by molar-refractivity contribution is 6.74. The van der Waals surface area contributed by atoms with Crippen molar-refractivity contribution in [3.63, 3.8) is 0 Å². The van der Waals surface area contributed by atoms with E-state index in [2.05, 4.69) is 45.7 Å². The van der Waals surface area contributed by atoms with E-state index in [1.807, 2.05) is 30.3 Å². The molecule has 1 aromatic carbocycles. The van der Waals surface area contributed by atoms with Crippen LogP contribution in [-0.2, 0) is 14.0 Å². The fraction of sp³-hybridized carbons (Fsp3) is 0.450. The Bertz CT molecular complexity index is 616. The van der Waals surface area contributed by atoms with Gasteiger partial charge in [-0.25, -0.2) is 0 Å². The maximum atomic E-state index is 10.7. The monoisotopic (exact) mass is 344 g/mol. The first kappa shape index (κ1) is 20.2. The summed E-state index contributed by atoms with van der Waals surface area (Å²) in [6.45, 7) is 12.7. The van der Waals surface area contributed by atoms with Crippen LogP contribution in [0, 0.1) is 11.8 Å². The molecular weight excluding hydrogens is 316 g/mol. The number of allylic oxidation sites excluding steroid dienone is 1. The number of rotatable bonds is 5. The Balaban J connectivity index is 2.91. The summed E-state index contributed by atoms with van der Waals surface area (Å²) in [4.78, 5) is 10.7. The van der Waals surface area contributed by atoms with Crippen LogP contribution in [0.15, 0.2) is 42.5 Å². The summed E-state index contributed by atoms with van der Waals surface area (Å²) in [6, 6.07) is 10.1. The Kier molecular flexibility index (Phi) is 7.46. The Morgan fingerprint density at radius 3 is 2.42 bits per heavy atom. The Labute approximate surface area is 147 Å². The molecule has 130 valence electrons. The zero-order chi connectivity index (χ0) is 18.2. The predicted octanol–water partition coefficient (Wildman–Crippen LogP) is 4.87. The molecule has 0 amide bonds. The van der Waals surface area contributed by atoms with Gasteiger partial charge in [-0.3, -0.25) is 4.79 Å². The second-order valence-corrected chi connectivity index (χ2v) is 11.9. The van der Waals surface area contributed by atoms with Crippen molar-refractivity contribution in [2.24, 2.45) is 0 Å². The van der Waals surface area contributed by atoms with E-state index in [9.17, 15) is 4.79 Å². The van der Waals surface area contributed by atoms with Gasteiger partial charge in [-0.2, -0.15) is 0 Å². The Morgan fingerprint density at radius 2 is 1.88 bits per heavy atom. The van der Waals surface area contributed by atoms with Crippen molar-refractivity contribution in [1.82, 2.24) is 0 Å². The SMILES string of the molecule is CC(=O)OC/C=C\C#CC(O[Si](C)(C)C(C)(C)C)c1ccccc1. The second-order valence-electron chi connectivity index (χ2n) is 7.16. The van der Waals surface area contributed by atoms with E-state index >= 15 is 0 Å². The molecule has 0 N–H and O–H groups in total. The number of hydrogen-bond acceptors (Lipinski definition) is 3. The number of hydrogen-bond donors (Lipinski definition) is 0. The standard InChI is InChI=1S/C20H28O3Si/c1-17(21)22-16-12-8-11-15-19(18-13-9-7-10-14-18)23-24(5,6)20(2,3)4/h7-10,12-14,19H,16H2,1-6H3/b12-8-. The third-order valence-electron chi connectivity index (χ3n) is 4.12. The molecule has 0 aliphatic carbocycles. The van der Waals surface area contributed by atoms with Gasteiger partial charge in [-0.15, -0.1) is 0 Å². The van der Waals surface area contributed by atoms with Crippen LogP contribution in [0.4, 0.5) is 0 Å². The first-order chi connectivity index (χ1) is 11.1. The van der Waals surface area contributed by atoms with Gasteiger partial charge in [0.15, 0.2) is 8.32 Å². The van der Waals surface area contributed by atoms with E-state index in [1.165, 1.54) is 6.92 Å². The van der Waals surface area contributed by atoms with Gasteiger partial charge in [0, 0.05) is 6.92 Å². The van der Waals surface area contributed by atoms with Crippen molar-refractivity contribution in [3.8, 4) is 11.8 Å². The summed E-state index contributed by atoms with van der Waals surface area (Å²) in [5, 5.41) is 0.118. The van der Waals surface area contributed by atoms with E-state index in [-0.39, 0.29) is 23.7 Å². The molecule has 1 atom stereocenters. The van der Waals surface area contributed by atoms with Crippen LogP contribution in [0.25, 0.3) is 0 Å². The normalized spacial score (nSPS) is 13.2. The summed E-state index contributed by atoms with van der Waals surface area (Å²) in [6.07, 6.45) is 3.17. The smallest absolute Gasteiger partial charge is 0.302 e. The van der Waals surface area contributed by atoms with Crippen molar-refractivity contribution in [2.45, 2.75) is 51.9 Å². The number of esters is 1. The molecule has 4 heteroatoms. The molecule has 0 saturated carbocycles. The van der Waals surface area contributed by atoms with E-state index in [0.717, 1.165) is 5.56 Å². The lowest BCUT2D eigenvalue weighted by atomic mass is 10.1. The van der Waals surface area contributed by atoms with E-state index in [1.54, 1.807) is 12.2 Å². The minimum Gasteiger partial charge on any atom is -0.462 e. The van der Waals surface area contributed by atoms with E-state index < -0.39 is 8.32 Å². The summed E-state index contributed by atoms with van der Waals surface area (Å²) in [5.74, 6) is 5.90. The molecule has 0 spiro atoms. The third-order valence-corrected chi connectivity index (χ3v) is 8.56. The van der Waals surface area contributed by atoms with Crippen molar-refractivity contribution in [1.29, 1.82) is 0 Å². The fourth-order valence-electron chi connectivity index (χ4n) is 1.68. The molecule has 1 aromatic rings. The zero-order valence-corrected chi connectivity index (χ0v) is 16.6. The second kappa shape index (κ2) is 8.86. The lowest BCUT2D eigenvalue weighted by Crippen LogP contribution is -2.41. The highest BCUT2D eigenvalue weighted by Crippen LogP contribution is 2.39. The molecule has 24 heavy (non-hydrogen) atoms. The molecule has 0 saturated heterocycles. The maximum absolute atomic E-state index is 10.7. The summed E-state index contributed by atoms with van der Waals surface area (Å²) in [7, 11) is -1.94. The highest BCUT2D eigenvalue weighted by Gasteiger charge is 2.39.